The van der Waals surface area contributed by atoms with E-state index in [2.05, 4.69) is 26.5 Å². The third-order valence-electron chi connectivity index (χ3n) is 5.31. The van der Waals surface area contributed by atoms with Crippen molar-refractivity contribution in [3.8, 4) is 0 Å². The van der Waals surface area contributed by atoms with Gasteiger partial charge in [0.2, 0.25) is 0 Å². The number of ether oxygens (including phenoxy) is 2. The van der Waals surface area contributed by atoms with Crippen LogP contribution in [-0.2, 0) is 29.7 Å². The molecule has 2 saturated heterocycles. The molecule has 0 saturated carbocycles. The number of likely N-dealkylation sites (tertiary alicyclic amines) is 1. The van der Waals surface area contributed by atoms with Crippen LogP contribution in [-0.4, -0.2) is 50.8 Å². The first-order valence-corrected chi connectivity index (χ1v) is 9.12. The van der Waals surface area contributed by atoms with Crippen molar-refractivity contribution in [2.24, 2.45) is 7.05 Å². The largest absolute Gasteiger partial charge is 0.374 e. The standard InChI is InChI=1S/C19H26N4O2/c1-22-10-8-21-19(22)12-23-9-6-18-17(23)5-4-16(25-18)14-24-13-15-3-2-7-20-11-15/h2-3,7-8,10-11,16-18H,4-6,9,12-14H2,1H3/t16-,17-,18-/m0/s1. The highest BCUT2D eigenvalue weighted by atomic mass is 16.5. The van der Waals surface area contributed by atoms with Gasteiger partial charge in [0, 0.05) is 44.4 Å². The lowest BCUT2D eigenvalue weighted by molar-refractivity contribution is -0.102. The number of hydrogen-bond acceptors (Lipinski definition) is 5. The minimum absolute atomic E-state index is 0.214. The average Bonchev–Trinajstić information content (AvgIpc) is 3.23. The molecule has 0 radical (unpaired) electrons. The summed E-state index contributed by atoms with van der Waals surface area (Å²) in [4.78, 5) is 11.1. The molecule has 0 N–H and O–H groups in total. The number of hydrogen-bond donors (Lipinski definition) is 0. The van der Waals surface area contributed by atoms with Gasteiger partial charge < -0.3 is 14.0 Å². The monoisotopic (exact) mass is 342 g/mol. The van der Waals surface area contributed by atoms with Crippen LogP contribution in [0.3, 0.4) is 0 Å². The van der Waals surface area contributed by atoms with E-state index in [9.17, 15) is 0 Å². The van der Waals surface area contributed by atoms with E-state index in [-0.39, 0.29) is 6.10 Å². The highest BCUT2D eigenvalue weighted by molar-refractivity contribution is 5.06. The molecule has 3 atom stereocenters. The summed E-state index contributed by atoms with van der Waals surface area (Å²) < 4.78 is 14.3. The molecule has 0 spiro atoms. The Morgan fingerprint density at radius 3 is 3.04 bits per heavy atom. The Balaban J connectivity index is 1.25. The molecule has 4 rings (SSSR count). The molecule has 2 fully saturated rings. The van der Waals surface area contributed by atoms with Gasteiger partial charge in [-0.1, -0.05) is 6.07 Å². The Morgan fingerprint density at radius 2 is 2.24 bits per heavy atom. The maximum Gasteiger partial charge on any atom is 0.122 e. The number of rotatable bonds is 6. The van der Waals surface area contributed by atoms with Crippen LogP contribution < -0.4 is 0 Å². The van der Waals surface area contributed by atoms with Gasteiger partial charge in [-0.2, -0.15) is 0 Å². The molecule has 2 aliphatic rings. The van der Waals surface area contributed by atoms with Crippen molar-refractivity contribution in [2.75, 3.05) is 13.2 Å². The predicted octanol–water partition coefficient (Wildman–Crippen LogP) is 2.15. The molecule has 0 unspecified atom stereocenters. The molecule has 25 heavy (non-hydrogen) atoms. The minimum atomic E-state index is 0.214. The molecule has 2 aromatic rings. The van der Waals surface area contributed by atoms with Crippen molar-refractivity contribution in [1.82, 2.24) is 19.4 Å². The maximum atomic E-state index is 6.32. The number of imidazole rings is 1. The van der Waals surface area contributed by atoms with E-state index in [1.807, 2.05) is 30.7 Å². The summed E-state index contributed by atoms with van der Waals surface area (Å²) in [5.41, 5.74) is 1.11. The van der Waals surface area contributed by atoms with Crippen molar-refractivity contribution >= 4 is 0 Å². The summed E-state index contributed by atoms with van der Waals surface area (Å²) >= 11 is 0. The van der Waals surface area contributed by atoms with E-state index < -0.39 is 0 Å². The van der Waals surface area contributed by atoms with Gasteiger partial charge in [0.05, 0.1) is 32.0 Å². The lowest BCUT2D eigenvalue weighted by Gasteiger charge is -2.35. The number of nitrogens with zero attached hydrogens (tertiary/aromatic N) is 4. The average molecular weight is 342 g/mol. The second-order valence-electron chi connectivity index (χ2n) is 7.03. The Bertz CT molecular complexity index is 675. The zero-order valence-electron chi connectivity index (χ0n) is 14.8. The molecular weight excluding hydrogens is 316 g/mol. The summed E-state index contributed by atoms with van der Waals surface area (Å²) in [6.45, 7) is 3.27. The first-order valence-electron chi connectivity index (χ1n) is 9.12. The smallest absolute Gasteiger partial charge is 0.122 e. The third-order valence-corrected chi connectivity index (χ3v) is 5.31. The Labute approximate surface area is 148 Å². The van der Waals surface area contributed by atoms with Crippen molar-refractivity contribution in [3.05, 3.63) is 48.3 Å². The number of fused-ring (bicyclic) bond motifs is 1. The first-order chi connectivity index (χ1) is 12.3. The fraction of sp³-hybridized carbons (Fsp3) is 0.579. The van der Waals surface area contributed by atoms with Gasteiger partial charge in [0.15, 0.2) is 0 Å². The fourth-order valence-corrected chi connectivity index (χ4v) is 3.93. The van der Waals surface area contributed by atoms with Gasteiger partial charge in [-0.15, -0.1) is 0 Å². The second kappa shape index (κ2) is 7.64. The Kier molecular flexibility index (Phi) is 5.10. The van der Waals surface area contributed by atoms with Gasteiger partial charge in [0.1, 0.15) is 5.82 Å². The molecule has 2 aromatic heterocycles. The number of aryl methyl sites for hydroxylation is 1. The van der Waals surface area contributed by atoms with Crippen molar-refractivity contribution in [1.29, 1.82) is 0 Å². The Morgan fingerprint density at radius 1 is 1.28 bits per heavy atom. The number of pyridine rings is 1. The highest BCUT2D eigenvalue weighted by Gasteiger charge is 2.40. The van der Waals surface area contributed by atoms with Gasteiger partial charge in [-0.3, -0.25) is 9.88 Å². The van der Waals surface area contributed by atoms with E-state index in [1.54, 1.807) is 6.20 Å². The predicted molar refractivity (Wildman–Crippen MR) is 93.8 cm³/mol. The molecule has 4 heterocycles. The molecule has 0 amide bonds. The van der Waals surface area contributed by atoms with Crippen LogP contribution in [0.15, 0.2) is 36.9 Å². The zero-order valence-corrected chi connectivity index (χ0v) is 14.8. The van der Waals surface area contributed by atoms with Crippen LogP contribution in [0.1, 0.15) is 30.7 Å². The van der Waals surface area contributed by atoms with Crippen LogP contribution in [0.4, 0.5) is 0 Å². The number of aromatic nitrogens is 3. The second-order valence-corrected chi connectivity index (χ2v) is 7.03. The first kappa shape index (κ1) is 16.7. The summed E-state index contributed by atoms with van der Waals surface area (Å²) in [5.74, 6) is 1.13. The van der Waals surface area contributed by atoms with Crippen molar-refractivity contribution in [3.63, 3.8) is 0 Å². The van der Waals surface area contributed by atoms with E-state index >= 15 is 0 Å². The maximum absolute atomic E-state index is 6.32. The van der Waals surface area contributed by atoms with Gasteiger partial charge in [-0.05, 0) is 30.9 Å². The van der Waals surface area contributed by atoms with Crippen LogP contribution in [0.25, 0.3) is 0 Å². The molecular formula is C19H26N4O2. The molecule has 0 aromatic carbocycles. The van der Waals surface area contributed by atoms with Crippen LogP contribution in [0.2, 0.25) is 0 Å². The molecule has 0 aliphatic carbocycles. The van der Waals surface area contributed by atoms with E-state index in [0.717, 1.165) is 37.3 Å². The molecule has 6 heteroatoms. The molecule has 0 bridgehead atoms. The zero-order chi connectivity index (χ0) is 17.1. The van der Waals surface area contributed by atoms with E-state index in [4.69, 9.17) is 9.47 Å². The topological polar surface area (TPSA) is 52.4 Å². The molecule has 6 nitrogen and oxygen atoms in total. The van der Waals surface area contributed by atoms with Gasteiger partial charge in [-0.25, -0.2) is 4.98 Å². The van der Waals surface area contributed by atoms with Crippen LogP contribution >= 0.6 is 0 Å². The Hall–Kier alpha value is -1.76. The summed E-state index contributed by atoms with van der Waals surface area (Å²) in [5, 5.41) is 0. The minimum Gasteiger partial charge on any atom is -0.374 e. The SMILES string of the molecule is Cn1ccnc1CN1CC[C@@H]2O[C@H](COCc3cccnc3)CC[C@@H]21. The molecule has 134 valence electrons. The lowest BCUT2D eigenvalue weighted by Crippen LogP contribution is -2.43. The third kappa shape index (κ3) is 3.92. The summed E-state index contributed by atoms with van der Waals surface area (Å²) in [7, 11) is 2.06. The van der Waals surface area contributed by atoms with E-state index in [1.165, 1.54) is 6.42 Å². The molecule has 2 aliphatic heterocycles. The lowest BCUT2D eigenvalue weighted by atomic mass is 9.99. The fourth-order valence-electron chi connectivity index (χ4n) is 3.93. The van der Waals surface area contributed by atoms with Crippen LogP contribution in [0, 0.1) is 0 Å². The quantitative estimate of drug-likeness (QED) is 0.805. The van der Waals surface area contributed by atoms with Gasteiger partial charge >= 0.3 is 0 Å². The van der Waals surface area contributed by atoms with Crippen molar-refractivity contribution < 1.29 is 9.47 Å². The normalized spacial score (nSPS) is 26.7. The van der Waals surface area contributed by atoms with Crippen molar-refractivity contribution in [2.45, 2.75) is 50.7 Å². The van der Waals surface area contributed by atoms with E-state index in [0.29, 0.717) is 25.4 Å². The summed E-state index contributed by atoms with van der Waals surface area (Å²) in [6.07, 6.45) is 11.4. The summed E-state index contributed by atoms with van der Waals surface area (Å²) in [6, 6.07) is 4.50. The highest BCUT2D eigenvalue weighted by Crippen LogP contribution is 2.32. The van der Waals surface area contributed by atoms with Gasteiger partial charge in [0.25, 0.3) is 0 Å². The van der Waals surface area contributed by atoms with Crippen LogP contribution in [0.5, 0.6) is 0 Å².